The molecule has 0 spiro atoms. The average Bonchev–Trinajstić information content (AvgIpc) is 2.37. The highest BCUT2D eigenvalue weighted by Gasteiger charge is 2.26. The first kappa shape index (κ1) is 9.48. The fraction of sp³-hybridized carbons (Fsp3) is 0.875. The van der Waals surface area contributed by atoms with Crippen molar-refractivity contribution in [2.75, 3.05) is 26.2 Å². The molecule has 1 heterocycles. The van der Waals surface area contributed by atoms with Gasteiger partial charge in [-0.15, -0.1) is 0 Å². The van der Waals surface area contributed by atoms with Crippen molar-refractivity contribution >= 4 is 5.91 Å². The predicted molar refractivity (Wildman–Crippen MR) is 47.2 cm³/mol. The van der Waals surface area contributed by atoms with Crippen molar-refractivity contribution in [3.8, 4) is 0 Å². The molecule has 1 saturated heterocycles. The molecule has 1 aliphatic rings. The summed E-state index contributed by atoms with van der Waals surface area (Å²) in [4.78, 5) is 11.3. The van der Waals surface area contributed by atoms with Gasteiger partial charge in [0.2, 0.25) is 5.91 Å². The number of hydrazine groups is 1. The number of amides is 1. The van der Waals surface area contributed by atoms with Gasteiger partial charge < -0.3 is 5.73 Å². The molecule has 1 fully saturated rings. The van der Waals surface area contributed by atoms with Crippen molar-refractivity contribution in [1.82, 2.24) is 10.0 Å². The number of nitrogens with zero attached hydrogens (tertiary/aromatic N) is 2. The SMILES string of the molecule is CCCN1C(=O)CCN1CCN. The lowest BCUT2D eigenvalue weighted by atomic mass is 10.4. The van der Waals surface area contributed by atoms with Gasteiger partial charge in [0.1, 0.15) is 0 Å². The van der Waals surface area contributed by atoms with E-state index in [1.165, 1.54) is 0 Å². The molecule has 1 amide bonds. The Morgan fingerprint density at radius 1 is 1.50 bits per heavy atom. The minimum atomic E-state index is 0.241. The number of hydrogen-bond acceptors (Lipinski definition) is 3. The highest BCUT2D eigenvalue weighted by Crippen LogP contribution is 2.11. The van der Waals surface area contributed by atoms with Crippen molar-refractivity contribution in [2.24, 2.45) is 5.73 Å². The zero-order valence-corrected chi connectivity index (χ0v) is 7.62. The smallest absolute Gasteiger partial charge is 0.238 e. The van der Waals surface area contributed by atoms with Crippen LogP contribution in [0.25, 0.3) is 0 Å². The minimum absolute atomic E-state index is 0.241. The Labute approximate surface area is 73.3 Å². The van der Waals surface area contributed by atoms with E-state index in [1.807, 2.05) is 10.0 Å². The summed E-state index contributed by atoms with van der Waals surface area (Å²) in [7, 11) is 0. The van der Waals surface area contributed by atoms with E-state index < -0.39 is 0 Å². The molecule has 0 aromatic carbocycles. The second kappa shape index (κ2) is 4.42. The molecule has 0 saturated carbocycles. The summed E-state index contributed by atoms with van der Waals surface area (Å²) in [5.74, 6) is 0.241. The Morgan fingerprint density at radius 2 is 2.25 bits per heavy atom. The zero-order chi connectivity index (χ0) is 8.97. The Bertz CT molecular complexity index is 160. The van der Waals surface area contributed by atoms with Crippen LogP contribution in [0, 0.1) is 0 Å². The molecule has 4 nitrogen and oxygen atoms in total. The first-order chi connectivity index (χ1) is 5.79. The number of hydrogen-bond donors (Lipinski definition) is 1. The summed E-state index contributed by atoms with van der Waals surface area (Å²) < 4.78 is 0. The van der Waals surface area contributed by atoms with Crippen molar-refractivity contribution in [1.29, 1.82) is 0 Å². The molecule has 12 heavy (non-hydrogen) atoms. The van der Waals surface area contributed by atoms with E-state index >= 15 is 0 Å². The topological polar surface area (TPSA) is 49.6 Å². The molecule has 4 heteroatoms. The van der Waals surface area contributed by atoms with E-state index in [-0.39, 0.29) is 5.91 Å². The van der Waals surface area contributed by atoms with E-state index in [0.29, 0.717) is 13.0 Å². The standard InChI is InChI=1S/C8H17N3O/c1-2-5-11-8(12)3-6-10(11)7-4-9/h2-7,9H2,1H3. The van der Waals surface area contributed by atoms with Crippen LogP contribution in [0.5, 0.6) is 0 Å². The summed E-state index contributed by atoms with van der Waals surface area (Å²) in [5.41, 5.74) is 5.43. The van der Waals surface area contributed by atoms with Gasteiger partial charge in [-0.1, -0.05) is 6.92 Å². The molecule has 0 atom stereocenters. The summed E-state index contributed by atoms with van der Waals surface area (Å²) in [6.07, 6.45) is 1.66. The van der Waals surface area contributed by atoms with Crippen LogP contribution in [0.3, 0.4) is 0 Å². The van der Waals surface area contributed by atoms with Crippen LogP contribution in [0.4, 0.5) is 0 Å². The maximum absolute atomic E-state index is 11.3. The summed E-state index contributed by atoms with van der Waals surface area (Å²) in [5, 5.41) is 3.87. The first-order valence-electron chi connectivity index (χ1n) is 4.55. The highest BCUT2D eigenvalue weighted by molar-refractivity contribution is 5.77. The fourth-order valence-electron chi connectivity index (χ4n) is 1.49. The summed E-state index contributed by atoms with van der Waals surface area (Å²) >= 11 is 0. The first-order valence-corrected chi connectivity index (χ1v) is 4.55. The van der Waals surface area contributed by atoms with Crippen LogP contribution in [-0.2, 0) is 4.79 Å². The number of carbonyl (C=O) groups is 1. The summed E-state index contributed by atoms with van der Waals surface area (Å²) in [6.45, 7) is 5.17. The van der Waals surface area contributed by atoms with Crippen LogP contribution in [0.15, 0.2) is 0 Å². The summed E-state index contributed by atoms with van der Waals surface area (Å²) in [6, 6.07) is 0. The van der Waals surface area contributed by atoms with Gasteiger partial charge in [-0.05, 0) is 6.42 Å². The lowest BCUT2D eigenvalue weighted by Crippen LogP contribution is -2.42. The molecular weight excluding hydrogens is 154 g/mol. The van der Waals surface area contributed by atoms with Gasteiger partial charge in [-0.3, -0.25) is 9.80 Å². The molecule has 0 aliphatic carbocycles. The van der Waals surface area contributed by atoms with E-state index in [1.54, 1.807) is 0 Å². The number of rotatable bonds is 4. The van der Waals surface area contributed by atoms with Crippen LogP contribution in [0.2, 0.25) is 0 Å². The number of carbonyl (C=O) groups excluding carboxylic acids is 1. The number of nitrogens with two attached hydrogens (primary N) is 1. The fourth-order valence-corrected chi connectivity index (χ4v) is 1.49. The molecule has 0 bridgehead atoms. The molecule has 70 valence electrons. The van der Waals surface area contributed by atoms with Gasteiger partial charge in [0.15, 0.2) is 0 Å². The second-order valence-corrected chi connectivity index (χ2v) is 3.01. The molecule has 0 aromatic rings. The predicted octanol–water partition coefficient (Wildman–Crippen LogP) is -0.196. The third kappa shape index (κ3) is 1.95. The van der Waals surface area contributed by atoms with Crippen LogP contribution in [-0.4, -0.2) is 42.1 Å². The van der Waals surface area contributed by atoms with Gasteiger partial charge in [0.05, 0.1) is 0 Å². The maximum Gasteiger partial charge on any atom is 0.238 e. The molecule has 2 N–H and O–H groups in total. The maximum atomic E-state index is 11.3. The second-order valence-electron chi connectivity index (χ2n) is 3.01. The minimum Gasteiger partial charge on any atom is -0.329 e. The lowest BCUT2D eigenvalue weighted by Gasteiger charge is -2.26. The zero-order valence-electron chi connectivity index (χ0n) is 7.62. The largest absolute Gasteiger partial charge is 0.329 e. The van der Waals surface area contributed by atoms with Crippen molar-refractivity contribution < 1.29 is 4.79 Å². The third-order valence-electron chi connectivity index (χ3n) is 2.04. The normalized spacial score (nSPS) is 19.2. The lowest BCUT2D eigenvalue weighted by molar-refractivity contribution is -0.137. The van der Waals surface area contributed by atoms with Crippen molar-refractivity contribution in [2.45, 2.75) is 19.8 Å². The van der Waals surface area contributed by atoms with Gasteiger partial charge in [0, 0.05) is 32.6 Å². The van der Waals surface area contributed by atoms with Gasteiger partial charge in [-0.25, -0.2) is 5.01 Å². The van der Waals surface area contributed by atoms with E-state index in [4.69, 9.17) is 5.73 Å². The molecule has 1 aliphatic heterocycles. The Kier molecular flexibility index (Phi) is 3.49. The average molecular weight is 171 g/mol. The van der Waals surface area contributed by atoms with E-state index in [2.05, 4.69) is 6.92 Å². The Morgan fingerprint density at radius 3 is 2.83 bits per heavy atom. The monoisotopic (exact) mass is 171 g/mol. The van der Waals surface area contributed by atoms with Gasteiger partial charge in [0.25, 0.3) is 0 Å². The van der Waals surface area contributed by atoms with Crippen LogP contribution < -0.4 is 5.73 Å². The Hall–Kier alpha value is -0.610. The van der Waals surface area contributed by atoms with Crippen LogP contribution in [0.1, 0.15) is 19.8 Å². The van der Waals surface area contributed by atoms with E-state index in [0.717, 1.165) is 26.1 Å². The quantitative estimate of drug-likeness (QED) is 0.637. The van der Waals surface area contributed by atoms with E-state index in [9.17, 15) is 4.79 Å². The Balaban J connectivity index is 2.45. The van der Waals surface area contributed by atoms with Gasteiger partial charge >= 0.3 is 0 Å². The molecular formula is C8H17N3O. The molecule has 0 aromatic heterocycles. The third-order valence-corrected chi connectivity index (χ3v) is 2.04. The van der Waals surface area contributed by atoms with Crippen LogP contribution >= 0.6 is 0 Å². The van der Waals surface area contributed by atoms with Crippen molar-refractivity contribution in [3.63, 3.8) is 0 Å². The molecule has 0 unspecified atom stereocenters. The van der Waals surface area contributed by atoms with Gasteiger partial charge in [-0.2, -0.15) is 0 Å². The molecule has 1 rings (SSSR count). The molecule has 0 radical (unpaired) electrons. The van der Waals surface area contributed by atoms with Crippen molar-refractivity contribution in [3.05, 3.63) is 0 Å². The highest BCUT2D eigenvalue weighted by atomic mass is 16.2.